The summed E-state index contributed by atoms with van der Waals surface area (Å²) in [6.45, 7) is 0.595. The fourth-order valence-corrected chi connectivity index (χ4v) is 0.946. The molecule has 0 fully saturated rings. The van der Waals surface area contributed by atoms with Crippen LogP contribution in [0.2, 0.25) is 0 Å². The van der Waals surface area contributed by atoms with Crippen LogP contribution in [-0.2, 0) is 0 Å². The normalized spacial score (nSPS) is 9.64. The number of aromatic nitrogens is 2. The average Bonchev–Trinajstić information content (AvgIpc) is 2.25. The maximum atomic E-state index is 5.52. The lowest BCUT2D eigenvalue weighted by Gasteiger charge is -2.06. The summed E-state index contributed by atoms with van der Waals surface area (Å²) in [7, 11) is 3.07. The molecule has 1 rings (SSSR count). The predicted molar refractivity (Wildman–Crippen MR) is 54.3 cm³/mol. The Morgan fingerprint density at radius 3 is 2.29 bits per heavy atom. The molecule has 0 aromatic carbocycles. The zero-order chi connectivity index (χ0) is 10.4. The highest BCUT2D eigenvalue weighted by atomic mass is 35.5. The Balaban J connectivity index is 2.81. The molecule has 0 unspecified atom stereocenters. The minimum absolute atomic E-state index is 0.446. The summed E-state index contributed by atoms with van der Waals surface area (Å²) in [5.41, 5.74) is 0. The Kier molecular flexibility index (Phi) is 4.25. The second-order valence-electron chi connectivity index (χ2n) is 2.39. The van der Waals surface area contributed by atoms with E-state index in [-0.39, 0.29) is 0 Å². The Labute approximate surface area is 87.4 Å². The predicted octanol–water partition coefficient (Wildman–Crippen LogP) is 1.14. The highest BCUT2D eigenvalue weighted by molar-refractivity contribution is 6.18. The van der Waals surface area contributed by atoms with Crippen molar-refractivity contribution in [2.75, 3.05) is 32.0 Å². The largest absolute Gasteiger partial charge is 0.481 e. The lowest BCUT2D eigenvalue weighted by Crippen LogP contribution is -2.07. The van der Waals surface area contributed by atoms with Gasteiger partial charge in [-0.3, -0.25) is 0 Å². The molecule has 0 radical (unpaired) electrons. The average molecular weight is 218 g/mol. The van der Waals surface area contributed by atoms with Crippen LogP contribution in [-0.4, -0.2) is 36.6 Å². The van der Waals surface area contributed by atoms with Crippen molar-refractivity contribution in [1.29, 1.82) is 0 Å². The van der Waals surface area contributed by atoms with Gasteiger partial charge in [0.05, 0.1) is 20.3 Å². The maximum Gasteiger partial charge on any atom is 0.229 e. The summed E-state index contributed by atoms with van der Waals surface area (Å²) < 4.78 is 9.95. The van der Waals surface area contributed by atoms with Gasteiger partial charge < -0.3 is 14.8 Å². The number of ether oxygens (including phenoxy) is 2. The van der Waals surface area contributed by atoms with Crippen LogP contribution in [0.15, 0.2) is 6.07 Å². The van der Waals surface area contributed by atoms with E-state index in [1.165, 1.54) is 14.2 Å². The van der Waals surface area contributed by atoms with E-state index in [0.29, 0.717) is 30.1 Å². The van der Waals surface area contributed by atoms with Gasteiger partial charge in [-0.05, 0) is 0 Å². The fraction of sp³-hybridized carbons (Fsp3) is 0.500. The molecule has 0 spiro atoms. The molecule has 0 atom stereocenters. The molecular formula is C8H12ClN3O2. The molecule has 0 aliphatic heterocycles. The monoisotopic (exact) mass is 217 g/mol. The number of nitrogens with one attached hydrogen (secondary N) is 1. The van der Waals surface area contributed by atoms with Crippen LogP contribution in [0.3, 0.4) is 0 Å². The molecule has 14 heavy (non-hydrogen) atoms. The minimum Gasteiger partial charge on any atom is -0.481 e. The van der Waals surface area contributed by atoms with E-state index in [2.05, 4.69) is 15.3 Å². The van der Waals surface area contributed by atoms with Gasteiger partial charge >= 0.3 is 0 Å². The van der Waals surface area contributed by atoms with Crippen molar-refractivity contribution in [3.63, 3.8) is 0 Å². The summed E-state index contributed by atoms with van der Waals surface area (Å²) in [6, 6.07) is 1.60. The first kappa shape index (κ1) is 10.8. The summed E-state index contributed by atoms with van der Waals surface area (Å²) in [6.07, 6.45) is 0. The molecule has 6 heteroatoms. The Morgan fingerprint density at radius 2 is 1.86 bits per heavy atom. The molecule has 0 saturated carbocycles. The SMILES string of the molecule is COc1cc(OC)nc(NCCCl)n1. The second-order valence-corrected chi connectivity index (χ2v) is 2.77. The molecule has 0 aliphatic carbocycles. The molecule has 1 aromatic heterocycles. The van der Waals surface area contributed by atoms with E-state index in [1.54, 1.807) is 6.07 Å². The van der Waals surface area contributed by atoms with Crippen molar-refractivity contribution in [3.05, 3.63) is 6.07 Å². The third-order valence-corrected chi connectivity index (χ3v) is 1.66. The van der Waals surface area contributed by atoms with Crippen LogP contribution in [0.1, 0.15) is 0 Å². The topological polar surface area (TPSA) is 56.3 Å². The summed E-state index contributed by atoms with van der Waals surface area (Å²) >= 11 is 5.52. The van der Waals surface area contributed by atoms with Crippen LogP contribution in [0, 0.1) is 0 Å². The van der Waals surface area contributed by atoms with Gasteiger partial charge in [-0.15, -0.1) is 11.6 Å². The van der Waals surface area contributed by atoms with Crippen molar-refractivity contribution in [2.45, 2.75) is 0 Å². The van der Waals surface area contributed by atoms with E-state index < -0.39 is 0 Å². The first-order valence-electron chi connectivity index (χ1n) is 4.07. The lowest BCUT2D eigenvalue weighted by molar-refractivity contribution is 0.373. The molecule has 78 valence electrons. The number of alkyl halides is 1. The highest BCUT2D eigenvalue weighted by Gasteiger charge is 2.03. The summed E-state index contributed by atoms with van der Waals surface area (Å²) in [5.74, 6) is 1.84. The molecule has 0 aliphatic rings. The van der Waals surface area contributed by atoms with Crippen molar-refractivity contribution in [2.24, 2.45) is 0 Å². The molecule has 1 aromatic rings. The molecule has 1 N–H and O–H groups in total. The first-order valence-corrected chi connectivity index (χ1v) is 4.60. The smallest absolute Gasteiger partial charge is 0.229 e. The molecule has 1 heterocycles. The third-order valence-electron chi connectivity index (χ3n) is 1.48. The van der Waals surface area contributed by atoms with Gasteiger partial charge in [0.25, 0.3) is 0 Å². The van der Waals surface area contributed by atoms with E-state index in [9.17, 15) is 0 Å². The van der Waals surface area contributed by atoms with Crippen LogP contribution in [0.4, 0.5) is 5.95 Å². The van der Waals surface area contributed by atoms with Gasteiger partial charge in [0.15, 0.2) is 0 Å². The van der Waals surface area contributed by atoms with Gasteiger partial charge in [-0.2, -0.15) is 9.97 Å². The van der Waals surface area contributed by atoms with Crippen molar-refractivity contribution in [3.8, 4) is 11.8 Å². The van der Waals surface area contributed by atoms with Gasteiger partial charge in [0.1, 0.15) is 0 Å². The molecule has 0 saturated heterocycles. The van der Waals surface area contributed by atoms with Gasteiger partial charge in [0, 0.05) is 12.4 Å². The van der Waals surface area contributed by atoms with Crippen LogP contribution < -0.4 is 14.8 Å². The van der Waals surface area contributed by atoms with E-state index >= 15 is 0 Å². The number of hydrogen-bond donors (Lipinski definition) is 1. The lowest BCUT2D eigenvalue weighted by atomic mass is 10.6. The third kappa shape index (κ3) is 2.92. The number of nitrogens with zero attached hydrogens (tertiary/aromatic N) is 2. The molecule has 0 amide bonds. The standard InChI is InChI=1S/C8H12ClN3O2/c1-13-6-5-7(14-2)12-8(11-6)10-4-3-9/h5H,3-4H2,1-2H3,(H,10,11,12). The van der Waals surface area contributed by atoms with Gasteiger partial charge in [0.2, 0.25) is 17.7 Å². The van der Waals surface area contributed by atoms with Crippen LogP contribution >= 0.6 is 11.6 Å². The maximum absolute atomic E-state index is 5.52. The minimum atomic E-state index is 0.446. The fourth-order valence-electron chi connectivity index (χ4n) is 0.851. The Hall–Kier alpha value is -1.23. The van der Waals surface area contributed by atoms with Gasteiger partial charge in [-0.1, -0.05) is 0 Å². The highest BCUT2D eigenvalue weighted by Crippen LogP contribution is 2.16. The second kappa shape index (κ2) is 5.49. The van der Waals surface area contributed by atoms with Crippen molar-refractivity contribution < 1.29 is 9.47 Å². The van der Waals surface area contributed by atoms with E-state index in [4.69, 9.17) is 21.1 Å². The number of rotatable bonds is 5. The first-order chi connectivity index (χ1) is 6.80. The number of anilines is 1. The van der Waals surface area contributed by atoms with Crippen LogP contribution in [0.5, 0.6) is 11.8 Å². The summed E-state index contributed by atoms with van der Waals surface area (Å²) in [4.78, 5) is 8.11. The number of methoxy groups -OCH3 is 2. The number of halogens is 1. The Morgan fingerprint density at radius 1 is 1.29 bits per heavy atom. The van der Waals surface area contributed by atoms with Gasteiger partial charge in [-0.25, -0.2) is 0 Å². The van der Waals surface area contributed by atoms with E-state index in [1.807, 2.05) is 0 Å². The zero-order valence-corrected chi connectivity index (χ0v) is 8.84. The molecule has 5 nitrogen and oxygen atoms in total. The molecular weight excluding hydrogens is 206 g/mol. The Bertz CT molecular complexity index is 274. The van der Waals surface area contributed by atoms with E-state index in [0.717, 1.165) is 0 Å². The summed E-state index contributed by atoms with van der Waals surface area (Å²) in [5, 5.41) is 2.93. The number of hydrogen-bond acceptors (Lipinski definition) is 5. The van der Waals surface area contributed by atoms with Crippen molar-refractivity contribution in [1.82, 2.24) is 9.97 Å². The van der Waals surface area contributed by atoms with Crippen molar-refractivity contribution >= 4 is 17.5 Å². The van der Waals surface area contributed by atoms with Crippen LogP contribution in [0.25, 0.3) is 0 Å². The molecule has 0 bridgehead atoms. The quantitative estimate of drug-likeness (QED) is 0.750. The zero-order valence-electron chi connectivity index (χ0n) is 8.08.